The van der Waals surface area contributed by atoms with Crippen LogP contribution < -0.4 is 0 Å². The second-order valence-electron chi connectivity index (χ2n) is 7.37. The maximum absolute atomic E-state index is 13.4. The van der Waals surface area contributed by atoms with Crippen molar-refractivity contribution in [3.8, 4) is 0 Å². The lowest BCUT2D eigenvalue weighted by atomic mass is 9.73. The molecule has 1 atom stereocenters. The van der Waals surface area contributed by atoms with Crippen LogP contribution in [0.4, 0.5) is 8.78 Å². The predicted octanol–water partition coefficient (Wildman–Crippen LogP) is 2.82. The molecule has 0 bridgehead atoms. The van der Waals surface area contributed by atoms with Crippen molar-refractivity contribution in [2.24, 2.45) is 5.41 Å². The maximum atomic E-state index is 13.4. The zero-order valence-corrected chi connectivity index (χ0v) is 14.8. The Morgan fingerprint density at radius 2 is 2.04 bits per heavy atom. The van der Waals surface area contributed by atoms with Gasteiger partial charge in [0.15, 0.2) is 11.6 Å². The van der Waals surface area contributed by atoms with E-state index >= 15 is 0 Å². The van der Waals surface area contributed by atoms with E-state index in [0.717, 1.165) is 44.5 Å². The molecular formula is C19H26F2N2O2. The number of likely N-dealkylation sites (tertiary alicyclic amines) is 2. The number of ether oxygens (including phenoxy) is 1. The van der Waals surface area contributed by atoms with Crippen LogP contribution >= 0.6 is 0 Å². The van der Waals surface area contributed by atoms with Crippen LogP contribution in [0, 0.1) is 17.0 Å². The van der Waals surface area contributed by atoms with Crippen LogP contribution in [-0.4, -0.2) is 55.6 Å². The van der Waals surface area contributed by atoms with Gasteiger partial charge in [0.2, 0.25) is 5.91 Å². The topological polar surface area (TPSA) is 32.8 Å². The Morgan fingerprint density at radius 1 is 1.20 bits per heavy atom. The summed E-state index contributed by atoms with van der Waals surface area (Å²) in [5.74, 6) is -1.39. The number of amides is 1. The minimum Gasteiger partial charge on any atom is -0.383 e. The third kappa shape index (κ3) is 4.36. The highest BCUT2D eigenvalue weighted by molar-refractivity contribution is 5.77. The maximum Gasteiger partial charge on any atom is 0.222 e. The van der Waals surface area contributed by atoms with Crippen LogP contribution in [0.25, 0.3) is 0 Å². The molecule has 2 aliphatic heterocycles. The Hall–Kier alpha value is -1.53. The van der Waals surface area contributed by atoms with Crippen molar-refractivity contribution in [3.63, 3.8) is 0 Å². The first-order chi connectivity index (χ1) is 12.0. The molecule has 2 saturated heterocycles. The van der Waals surface area contributed by atoms with E-state index in [1.54, 1.807) is 13.2 Å². The Labute approximate surface area is 147 Å². The molecular weight excluding hydrogens is 326 g/mol. The van der Waals surface area contributed by atoms with E-state index in [1.807, 2.05) is 4.90 Å². The summed E-state index contributed by atoms with van der Waals surface area (Å²) >= 11 is 0. The number of hydrogen-bond donors (Lipinski definition) is 0. The quantitative estimate of drug-likeness (QED) is 0.817. The highest BCUT2D eigenvalue weighted by Gasteiger charge is 2.41. The number of benzene rings is 1. The van der Waals surface area contributed by atoms with Crippen LogP contribution in [0.15, 0.2) is 18.2 Å². The summed E-state index contributed by atoms with van der Waals surface area (Å²) in [5.41, 5.74) is 0.900. The molecule has 0 aromatic heterocycles. The number of rotatable bonds is 5. The van der Waals surface area contributed by atoms with Crippen molar-refractivity contribution < 1.29 is 18.3 Å². The van der Waals surface area contributed by atoms with Gasteiger partial charge >= 0.3 is 0 Å². The minimum absolute atomic E-state index is 0.110. The smallest absolute Gasteiger partial charge is 0.222 e. The molecule has 2 aliphatic rings. The summed E-state index contributed by atoms with van der Waals surface area (Å²) in [6.07, 6.45) is 3.67. The third-order valence-electron chi connectivity index (χ3n) is 5.44. The van der Waals surface area contributed by atoms with Crippen molar-refractivity contribution >= 4 is 5.91 Å². The van der Waals surface area contributed by atoms with Gasteiger partial charge in [0, 0.05) is 45.1 Å². The molecule has 0 aliphatic carbocycles. The average Bonchev–Trinajstić information content (AvgIpc) is 2.59. The Morgan fingerprint density at radius 3 is 2.80 bits per heavy atom. The summed E-state index contributed by atoms with van der Waals surface area (Å²) < 4.78 is 31.7. The first-order valence-corrected chi connectivity index (χ1v) is 8.94. The number of carbonyl (C=O) groups excluding carboxylic acids is 1. The molecule has 1 aromatic rings. The SMILES string of the molecule is COCCN1C[C@]2(CCCN(Cc3ccc(F)c(F)c3)C2)CCC1=O. The zero-order chi connectivity index (χ0) is 17.9. The predicted molar refractivity (Wildman–Crippen MR) is 91.0 cm³/mol. The van der Waals surface area contributed by atoms with Crippen molar-refractivity contribution in [2.45, 2.75) is 32.2 Å². The molecule has 138 valence electrons. The normalized spacial score (nSPS) is 24.9. The lowest BCUT2D eigenvalue weighted by molar-refractivity contribution is -0.140. The summed E-state index contributed by atoms with van der Waals surface area (Å²) in [5, 5.41) is 0. The number of nitrogens with zero attached hydrogens (tertiary/aromatic N) is 2. The third-order valence-corrected chi connectivity index (χ3v) is 5.44. The van der Waals surface area contributed by atoms with Gasteiger partial charge in [0.05, 0.1) is 6.61 Å². The summed E-state index contributed by atoms with van der Waals surface area (Å²) in [7, 11) is 1.65. The molecule has 25 heavy (non-hydrogen) atoms. The van der Waals surface area contributed by atoms with Gasteiger partial charge in [-0.25, -0.2) is 8.78 Å². The first kappa shape index (κ1) is 18.3. The number of carbonyl (C=O) groups is 1. The van der Waals surface area contributed by atoms with Gasteiger partial charge in [-0.05, 0) is 43.5 Å². The van der Waals surface area contributed by atoms with Crippen LogP contribution in [0.1, 0.15) is 31.2 Å². The van der Waals surface area contributed by atoms with Crippen molar-refractivity contribution in [2.75, 3.05) is 39.9 Å². The molecule has 2 heterocycles. The van der Waals surface area contributed by atoms with Crippen molar-refractivity contribution in [1.82, 2.24) is 9.80 Å². The van der Waals surface area contributed by atoms with E-state index in [1.165, 1.54) is 12.1 Å². The molecule has 0 radical (unpaired) electrons. The van der Waals surface area contributed by atoms with Crippen molar-refractivity contribution in [3.05, 3.63) is 35.4 Å². The lowest BCUT2D eigenvalue weighted by Gasteiger charge is -2.48. The van der Waals surface area contributed by atoms with Gasteiger partial charge < -0.3 is 9.64 Å². The second kappa shape index (κ2) is 7.79. The molecule has 6 heteroatoms. The molecule has 2 fully saturated rings. The minimum atomic E-state index is -0.807. The van der Waals surface area contributed by atoms with Gasteiger partial charge in [0.1, 0.15) is 0 Å². The van der Waals surface area contributed by atoms with E-state index in [2.05, 4.69) is 4.90 Å². The fraction of sp³-hybridized carbons (Fsp3) is 0.632. The molecule has 3 rings (SSSR count). The second-order valence-corrected chi connectivity index (χ2v) is 7.37. The summed E-state index contributed by atoms with van der Waals surface area (Å²) in [4.78, 5) is 16.4. The fourth-order valence-corrected chi connectivity index (χ4v) is 4.18. The van der Waals surface area contributed by atoms with Gasteiger partial charge in [-0.1, -0.05) is 6.07 Å². The monoisotopic (exact) mass is 352 g/mol. The van der Waals surface area contributed by atoms with Crippen LogP contribution in [0.3, 0.4) is 0 Å². The number of hydrogen-bond acceptors (Lipinski definition) is 3. The van der Waals surface area contributed by atoms with Gasteiger partial charge in [-0.2, -0.15) is 0 Å². The van der Waals surface area contributed by atoms with E-state index in [9.17, 15) is 13.6 Å². The summed E-state index contributed by atoms with van der Waals surface area (Å²) in [6, 6.07) is 4.12. The highest BCUT2D eigenvalue weighted by Crippen LogP contribution is 2.39. The standard InChI is InChI=1S/C19H26F2N2O2/c1-25-10-9-23-14-19(7-5-18(23)24)6-2-8-22(13-19)12-15-3-4-16(20)17(21)11-15/h3-4,11H,2,5-10,12-14H2,1H3/t19-/m1/s1. The fourth-order valence-electron chi connectivity index (χ4n) is 4.18. The molecule has 1 spiro atoms. The van der Waals surface area contributed by atoms with Crippen molar-refractivity contribution in [1.29, 1.82) is 0 Å². The van der Waals surface area contributed by atoms with Crippen LogP contribution in [-0.2, 0) is 16.1 Å². The molecule has 1 aromatic carbocycles. The number of methoxy groups -OCH3 is 1. The van der Waals surface area contributed by atoms with E-state index in [0.29, 0.717) is 26.1 Å². The van der Waals surface area contributed by atoms with Crippen LogP contribution in [0.5, 0.6) is 0 Å². The number of piperidine rings is 2. The Balaban J connectivity index is 1.65. The van der Waals surface area contributed by atoms with Gasteiger partial charge in [-0.3, -0.25) is 9.69 Å². The first-order valence-electron chi connectivity index (χ1n) is 8.94. The van der Waals surface area contributed by atoms with E-state index < -0.39 is 11.6 Å². The average molecular weight is 352 g/mol. The summed E-state index contributed by atoms with van der Waals surface area (Å²) in [6.45, 7) is 4.42. The molecule has 1 amide bonds. The van der Waals surface area contributed by atoms with E-state index in [-0.39, 0.29) is 11.3 Å². The van der Waals surface area contributed by atoms with E-state index in [4.69, 9.17) is 4.74 Å². The van der Waals surface area contributed by atoms with Gasteiger partial charge in [-0.15, -0.1) is 0 Å². The molecule has 0 saturated carbocycles. The Kier molecular flexibility index (Phi) is 5.69. The largest absolute Gasteiger partial charge is 0.383 e. The zero-order valence-electron chi connectivity index (χ0n) is 14.8. The lowest BCUT2D eigenvalue weighted by Crippen LogP contribution is -2.54. The molecule has 4 nitrogen and oxygen atoms in total. The van der Waals surface area contributed by atoms with Gasteiger partial charge in [0.25, 0.3) is 0 Å². The van der Waals surface area contributed by atoms with Crippen LogP contribution in [0.2, 0.25) is 0 Å². The Bertz CT molecular complexity index is 625. The highest BCUT2D eigenvalue weighted by atomic mass is 19.2. The number of halogens is 2. The molecule has 0 unspecified atom stereocenters. The molecule has 0 N–H and O–H groups in total.